The molecule has 0 aromatic carbocycles. The Morgan fingerprint density at radius 1 is 1.24 bits per heavy atom. The van der Waals surface area contributed by atoms with Gasteiger partial charge in [-0.1, -0.05) is 25.3 Å². The van der Waals surface area contributed by atoms with Gasteiger partial charge in [0, 0.05) is 12.2 Å². The number of rotatable bonds is 5. The van der Waals surface area contributed by atoms with Crippen LogP contribution in [-0.4, -0.2) is 39.1 Å². The molecular weight excluding hydrogens is 320 g/mol. The molecule has 1 atom stereocenters. The molecule has 3 N–H and O–H groups in total. The highest BCUT2D eigenvalue weighted by molar-refractivity contribution is 5.84. The quantitative estimate of drug-likeness (QED) is 0.766. The van der Waals surface area contributed by atoms with Gasteiger partial charge in [-0.05, 0) is 31.9 Å². The van der Waals surface area contributed by atoms with Crippen molar-refractivity contribution in [1.29, 1.82) is 0 Å². The summed E-state index contributed by atoms with van der Waals surface area (Å²) in [5.41, 5.74) is 0.721. The van der Waals surface area contributed by atoms with Gasteiger partial charge in [0.2, 0.25) is 5.91 Å². The molecule has 1 saturated carbocycles. The van der Waals surface area contributed by atoms with Gasteiger partial charge >= 0.3 is 6.03 Å². The van der Waals surface area contributed by atoms with E-state index in [9.17, 15) is 9.59 Å². The number of aromatic nitrogens is 3. The molecule has 2 heterocycles. The van der Waals surface area contributed by atoms with Gasteiger partial charge in [0.05, 0.1) is 12.6 Å². The number of pyridine rings is 1. The molecule has 1 aliphatic rings. The molecule has 134 valence electrons. The lowest BCUT2D eigenvalue weighted by Gasteiger charge is -2.22. The molecule has 3 amide bonds. The minimum Gasteiger partial charge on any atom is -0.352 e. The molecule has 1 fully saturated rings. The van der Waals surface area contributed by atoms with Crippen LogP contribution in [-0.2, 0) is 4.79 Å². The standard InChI is InChI=1S/C17H24N6O2/c1-12(16-22-21-14-9-5-6-10-23(14)16)19-17(25)18-11-15(24)20-13-7-3-2-4-8-13/h5-6,9-10,12-13H,2-4,7-8,11H2,1H3,(H,20,24)(H2,18,19,25)/t12-/m1/s1. The van der Waals surface area contributed by atoms with Gasteiger partial charge in [-0.15, -0.1) is 10.2 Å². The molecule has 0 radical (unpaired) electrons. The summed E-state index contributed by atoms with van der Waals surface area (Å²) in [6.07, 6.45) is 7.44. The van der Waals surface area contributed by atoms with Gasteiger partial charge in [0.25, 0.3) is 0 Å². The molecule has 2 aromatic rings. The van der Waals surface area contributed by atoms with Crippen LogP contribution in [0.4, 0.5) is 4.79 Å². The summed E-state index contributed by atoms with van der Waals surface area (Å²) in [5.74, 6) is 0.486. The number of carbonyl (C=O) groups is 2. The van der Waals surface area contributed by atoms with Crippen molar-refractivity contribution in [2.75, 3.05) is 6.54 Å². The summed E-state index contributed by atoms with van der Waals surface area (Å²) in [5, 5.41) is 16.5. The van der Waals surface area contributed by atoms with Crippen molar-refractivity contribution in [2.24, 2.45) is 0 Å². The Kier molecular flexibility index (Phi) is 5.47. The van der Waals surface area contributed by atoms with Gasteiger partial charge in [-0.25, -0.2) is 4.79 Å². The van der Waals surface area contributed by atoms with Gasteiger partial charge in [0.15, 0.2) is 11.5 Å². The van der Waals surface area contributed by atoms with Crippen LogP contribution in [0.1, 0.15) is 50.9 Å². The number of nitrogens with one attached hydrogen (secondary N) is 3. The van der Waals surface area contributed by atoms with Gasteiger partial charge in [0.1, 0.15) is 0 Å². The van der Waals surface area contributed by atoms with Crippen molar-refractivity contribution >= 4 is 17.6 Å². The van der Waals surface area contributed by atoms with Gasteiger partial charge < -0.3 is 16.0 Å². The Hall–Kier alpha value is -2.64. The number of amides is 3. The molecular formula is C17H24N6O2. The molecule has 0 bridgehead atoms. The third kappa shape index (κ3) is 4.46. The average Bonchev–Trinajstić information content (AvgIpc) is 3.05. The van der Waals surface area contributed by atoms with Crippen LogP contribution >= 0.6 is 0 Å². The summed E-state index contributed by atoms with van der Waals surface area (Å²) in [6.45, 7) is 1.79. The largest absolute Gasteiger partial charge is 0.352 e. The van der Waals surface area contributed by atoms with E-state index in [4.69, 9.17) is 0 Å². The fraction of sp³-hybridized carbons (Fsp3) is 0.529. The summed E-state index contributed by atoms with van der Waals surface area (Å²) < 4.78 is 1.82. The third-order valence-corrected chi connectivity index (χ3v) is 4.45. The second-order valence-electron chi connectivity index (χ2n) is 6.44. The Morgan fingerprint density at radius 3 is 2.84 bits per heavy atom. The fourth-order valence-electron chi connectivity index (χ4n) is 3.15. The van der Waals surface area contributed by atoms with E-state index in [0.717, 1.165) is 31.3 Å². The van der Waals surface area contributed by atoms with Crippen molar-refractivity contribution in [3.8, 4) is 0 Å². The number of hydrogen-bond acceptors (Lipinski definition) is 4. The van der Waals surface area contributed by atoms with E-state index in [0.29, 0.717) is 5.82 Å². The van der Waals surface area contributed by atoms with Crippen LogP contribution in [0, 0.1) is 0 Å². The SMILES string of the molecule is C[C@@H](NC(=O)NCC(=O)NC1CCCCC1)c1nnc2ccccn12. The minimum atomic E-state index is -0.404. The average molecular weight is 344 g/mol. The number of nitrogens with zero attached hydrogens (tertiary/aromatic N) is 3. The van der Waals surface area contributed by atoms with Gasteiger partial charge in [-0.2, -0.15) is 0 Å². The van der Waals surface area contributed by atoms with Crippen LogP contribution in [0.5, 0.6) is 0 Å². The minimum absolute atomic E-state index is 0.0321. The molecule has 8 nitrogen and oxygen atoms in total. The van der Waals surface area contributed by atoms with E-state index in [-0.39, 0.29) is 24.5 Å². The molecule has 8 heteroatoms. The molecule has 25 heavy (non-hydrogen) atoms. The highest BCUT2D eigenvalue weighted by atomic mass is 16.2. The number of fused-ring (bicyclic) bond motifs is 1. The maximum Gasteiger partial charge on any atom is 0.315 e. The Labute approximate surface area is 146 Å². The van der Waals surface area contributed by atoms with E-state index in [1.165, 1.54) is 6.42 Å². The lowest BCUT2D eigenvalue weighted by Crippen LogP contribution is -2.45. The Morgan fingerprint density at radius 2 is 2.04 bits per heavy atom. The van der Waals surface area contributed by atoms with Gasteiger partial charge in [-0.3, -0.25) is 9.20 Å². The Bertz CT molecular complexity index is 738. The molecule has 3 rings (SSSR count). The number of urea groups is 1. The zero-order chi connectivity index (χ0) is 17.6. The zero-order valence-corrected chi connectivity index (χ0v) is 14.4. The first-order valence-corrected chi connectivity index (χ1v) is 8.77. The maximum absolute atomic E-state index is 12.0. The first kappa shape index (κ1) is 17.2. The number of carbonyl (C=O) groups excluding carboxylic acids is 2. The van der Waals surface area contributed by atoms with Crippen molar-refractivity contribution in [2.45, 2.75) is 51.1 Å². The second kappa shape index (κ2) is 7.96. The van der Waals surface area contributed by atoms with Crippen molar-refractivity contribution in [3.63, 3.8) is 0 Å². The van der Waals surface area contributed by atoms with Crippen LogP contribution in [0.15, 0.2) is 24.4 Å². The van der Waals surface area contributed by atoms with E-state index >= 15 is 0 Å². The van der Waals surface area contributed by atoms with Crippen LogP contribution in [0.2, 0.25) is 0 Å². The topological polar surface area (TPSA) is 100 Å². The summed E-state index contributed by atoms with van der Waals surface area (Å²) in [6, 6.07) is 5.11. The van der Waals surface area contributed by atoms with Crippen molar-refractivity contribution in [3.05, 3.63) is 30.2 Å². The molecule has 0 aliphatic heterocycles. The van der Waals surface area contributed by atoms with Crippen molar-refractivity contribution in [1.82, 2.24) is 30.5 Å². The van der Waals surface area contributed by atoms with Crippen molar-refractivity contribution < 1.29 is 9.59 Å². The summed E-state index contributed by atoms with van der Waals surface area (Å²) in [4.78, 5) is 23.9. The fourth-order valence-corrected chi connectivity index (χ4v) is 3.15. The Balaban J connectivity index is 1.46. The summed E-state index contributed by atoms with van der Waals surface area (Å²) >= 11 is 0. The van der Waals surface area contributed by atoms with E-state index in [1.54, 1.807) is 0 Å². The van der Waals surface area contributed by atoms with E-state index in [1.807, 2.05) is 35.7 Å². The third-order valence-electron chi connectivity index (χ3n) is 4.45. The molecule has 0 unspecified atom stereocenters. The number of hydrogen-bond donors (Lipinski definition) is 3. The van der Waals surface area contributed by atoms with E-state index < -0.39 is 6.03 Å². The van der Waals surface area contributed by atoms with Crippen LogP contribution in [0.3, 0.4) is 0 Å². The molecule has 0 saturated heterocycles. The normalized spacial score (nSPS) is 16.4. The van der Waals surface area contributed by atoms with Crippen LogP contribution in [0.25, 0.3) is 5.65 Å². The zero-order valence-electron chi connectivity index (χ0n) is 14.4. The molecule has 1 aliphatic carbocycles. The lowest BCUT2D eigenvalue weighted by atomic mass is 9.95. The predicted octanol–water partition coefficient (Wildman–Crippen LogP) is 1.54. The summed E-state index contributed by atoms with van der Waals surface area (Å²) in [7, 11) is 0. The highest BCUT2D eigenvalue weighted by Crippen LogP contribution is 2.17. The first-order valence-electron chi connectivity index (χ1n) is 8.77. The first-order chi connectivity index (χ1) is 12.1. The predicted molar refractivity (Wildman–Crippen MR) is 93.0 cm³/mol. The monoisotopic (exact) mass is 344 g/mol. The highest BCUT2D eigenvalue weighted by Gasteiger charge is 2.18. The molecule has 0 spiro atoms. The lowest BCUT2D eigenvalue weighted by molar-refractivity contribution is -0.121. The second-order valence-corrected chi connectivity index (χ2v) is 6.44. The molecule has 2 aromatic heterocycles. The smallest absolute Gasteiger partial charge is 0.315 e. The maximum atomic E-state index is 12.0. The van der Waals surface area contributed by atoms with E-state index in [2.05, 4.69) is 26.1 Å². The van der Waals surface area contributed by atoms with Crippen LogP contribution < -0.4 is 16.0 Å².